The normalized spacial score (nSPS) is 12.3. The molecule has 8 nitrogen and oxygen atoms in total. The minimum absolute atomic E-state index is 0.263. The number of aromatic nitrogens is 6. The van der Waals surface area contributed by atoms with E-state index in [1.165, 1.54) is 22.3 Å². The van der Waals surface area contributed by atoms with Crippen molar-refractivity contribution in [2.75, 3.05) is 5.32 Å². The van der Waals surface area contributed by atoms with Gasteiger partial charge in [0.05, 0.1) is 0 Å². The number of anilines is 1. The Labute approximate surface area is 142 Å². The topological polar surface area (TPSA) is 98.5 Å². The van der Waals surface area contributed by atoms with Gasteiger partial charge in [0.15, 0.2) is 6.04 Å². The van der Waals surface area contributed by atoms with E-state index >= 15 is 0 Å². The van der Waals surface area contributed by atoms with Crippen molar-refractivity contribution in [2.24, 2.45) is 5.92 Å². The van der Waals surface area contributed by atoms with E-state index < -0.39 is 6.04 Å². The van der Waals surface area contributed by atoms with Crippen LogP contribution in [-0.2, 0) is 11.2 Å². The lowest BCUT2D eigenvalue weighted by Crippen LogP contribution is -2.27. The van der Waals surface area contributed by atoms with Crippen LogP contribution in [0, 0.1) is 5.92 Å². The molecule has 3 rings (SSSR count). The van der Waals surface area contributed by atoms with Crippen LogP contribution in [0.1, 0.15) is 30.5 Å². The van der Waals surface area contributed by atoms with Crippen molar-refractivity contribution in [1.29, 1.82) is 0 Å². The number of carbonyl (C=O) groups is 1. The Balaban J connectivity index is 1.81. The molecule has 1 atom stereocenters. The van der Waals surface area contributed by atoms with Crippen molar-refractivity contribution < 1.29 is 4.79 Å². The van der Waals surface area contributed by atoms with Gasteiger partial charge in [0.25, 0.3) is 5.91 Å². The Morgan fingerprint density at radius 2 is 2.04 bits per heavy atom. The predicted octanol–water partition coefficient (Wildman–Crippen LogP) is 1.95. The number of carbonyl (C=O) groups excluding carboxylic acids is 1. The van der Waals surface area contributed by atoms with E-state index in [1.54, 1.807) is 0 Å². The van der Waals surface area contributed by atoms with E-state index in [9.17, 15) is 4.79 Å². The van der Waals surface area contributed by atoms with Gasteiger partial charge < -0.3 is 0 Å². The van der Waals surface area contributed by atoms with Crippen LogP contribution in [0.5, 0.6) is 0 Å². The van der Waals surface area contributed by atoms with E-state index in [0.717, 1.165) is 17.0 Å². The maximum atomic E-state index is 12.8. The summed E-state index contributed by atoms with van der Waals surface area (Å²) in [4.78, 5) is 12.8. The largest absolute Gasteiger partial charge is 0.298 e. The second kappa shape index (κ2) is 7.26. The summed E-state index contributed by atoms with van der Waals surface area (Å²) in [5.74, 6) is 0.223. The number of amides is 1. The molecule has 0 aliphatic rings. The average Bonchev–Trinajstić information content (AvgIpc) is 3.21. The molecule has 0 saturated heterocycles. The Hall–Kier alpha value is -2.68. The third-order valence-corrected chi connectivity index (χ3v) is 4.13. The zero-order chi connectivity index (χ0) is 16.9. The predicted molar refractivity (Wildman–Crippen MR) is 89.5 cm³/mol. The molecule has 2 aromatic heterocycles. The fourth-order valence-corrected chi connectivity index (χ4v) is 3.21. The quantitative estimate of drug-likeness (QED) is 0.734. The maximum Gasteiger partial charge on any atom is 0.255 e. The van der Waals surface area contributed by atoms with Crippen molar-refractivity contribution in [2.45, 2.75) is 26.3 Å². The molecular weight excluding hydrogens is 326 g/mol. The zero-order valence-corrected chi connectivity index (χ0v) is 14.1. The molecule has 0 bridgehead atoms. The first-order valence-corrected chi connectivity index (χ1v) is 8.36. The smallest absolute Gasteiger partial charge is 0.255 e. The number of rotatable bonds is 6. The first-order chi connectivity index (χ1) is 11.6. The van der Waals surface area contributed by atoms with Crippen molar-refractivity contribution >= 4 is 22.4 Å². The lowest BCUT2D eigenvalue weighted by molar-refractivity contribution is -0.118. The van der Waals surface area contributed by atoms with Crippen molar-refractivity contribution in [3.8, 4) is 0 Å². The lowest BCUT2D eigenvalue weighted by atomic mass is 10.1. The van der Waals surface area contributed by atoms with Gasteiger partial charge in [-0.3, -0.25) is 10.1 Å². The monoisotopic (exact) mass is 343 g/mol. The number of nitrogens with one attached hydrogen (secondary N) is 1. The van der Waals surface area contributed by atoms with E-state index in [2.05, 4.69) is 44.9 Å². The summed E-state index contributed by atoms with van der Waals surface area (Å²) in [6.45, 7) is 4.23. The number of benzene rings is 1. The molecule has 0 spiro atoms. The molecule has 2 heterocycles. The van der Waals surface area contributed by atoms with Crippen LogP contribution in [0.3, 0.4) is 0 Å². The Kier molecular flexibility index (Phi) is 4.90. The highest BCUT2D eigenvalue weighted by Crippen LogP contribution is 2.22. The van der Waals surface area contributed by atoms with Crippen molar-refractivity contribution in [1.82, 2.24) is 30.4 Å². The fourth-order valence-electron chi connectivity index (χ4n) is 2.26. The highest BCUT2D eigenvalue weighted by atomic mass is 32.1. The molecule has 0 saturated carbocycles. The molecule has 3 aromatic rings. The highest BCUT2D eigenvalue weighted by Gasteiger charge is 2.25. The minimum Gasteiger partial charge on any atom is -0.298 e. The van der Waals surface area contributed by atoms with Crippen molar-refractivity contribution in [3.63, 3.8) is 0 Å². The number of hydrogen-bond acceptors (Lipinski definition) is 7. The summed E-state index contributed by atoms with van der Waals surface area (Å²) in [6.07, 6.45) is 2.25. The Morgan fingerprint density at radius 3 is 2.71 bits per heavy atom. The highest BCUT2D eigenvalue weighted by molar-refractivity contribution is 7.15. The molecule has 1 unspecified atom stereocenters. The van der Waals surface area contributed by atoms with Crippen LogP contribution in [0.2, 0.25) is 0 Å². The van der Waals surface area contributed by atoms with Crippen LogP contribution in [0.25, 0.3) is 0 Å². The van der Waals surface area contributed by atoms with E-state index in [4.69, 9.17) is 0 Å². The average molecular weight is 343 g/mol. The first kappa shape index (κ1) is 16.2. The summed E-state index contributed by atoms with van der Waals surface area (Å²) in [5.41, 5.74) is 0.786. The third-order valence-electron chi connectivity index (χ3n) is 3.27. The number of nitrogens with zero attached hydrogens (tertiary/aromatic N) is 6. The zero-order valence-electron chi connectivity index (χ0n) is 13.3. The summed E-state index contributed by atoms with van der Waals surface area (Å²) in [7, 11) is 0. The van der Waals surface area contributed by atoms with E-state index in [1.807, 2.05) is 30.3 Å². The van der Waals surface area contributed by atoms with Crippen LogP contribution in [0.4, 0.5) is 5.13 Å². The lowest BCUT2D eigenvalue weighted by Gasteiger charge is -2.15. The Morgan fingerprint density at radius 1 is 1.25 bits per heavy atom. The van der Waals surface area contributed by atoms with Crippen molar-refractivity contribution in [3.05, 3.63) is 47.2 Å². The standard InChI is InChI=1S/C15H17N7OS/c1-10(2)8-12-18-19-15(24-12)17-14(23)13(22-9-16-20-21-22)11-6-4-3-5-7-11/h3-7,9-10,13H,8H2,1-2H3,(H,17,19,23). The summed E-state index contributed by atoms with van der Waals surface area (Å²) in [6, 6.07) is 8.67. The molecule has 0 fully saturated rings. The molecule has 1 N–H and O–H groups in total. The summed E-state index contributed by atoms with van der Waals surface area (Å²) >= 11 is 1.38. The van der Waals surface area contributed by atoms with Gasteiger partial charge >= 0.3 is 0 Å². The van der Waals surface area contributed by atoms with Crippen LogP contribution in [0.15, 0.2) is 36.7 Å². The first-order valence-electron chi connectivity index (χ1n) is 7.54. The second-order valence-electron chi connectivity index (χ2n) is 5.69. The van der Waals surface area contributed by atoms with E-state index in [-0.39, 0.29) is 5.91 Å². The second-order valence-corrected chi connectivity index (χ2v) is 6.75. The van der Waals surface area contributed by atoms with Gasteiger partial charge in [0.1, 0.15) is 11.3 Å². The van der Waals surface area contributed by atoms with Crippen LogP contribution >= 0.6 is 11.3 Å². The van der Waals surface area contributed by atoms with Gasteiger partial charge in [-0.1, -0.05) is 55.5 Å². The number of tetrazole rings is 1. The Bertz CT molecular complexity index is 785. The van der Waals surface area contributed by atoms with Gasteiger partial charge in [-0.15, -0.1) is 15.3 Å². The fraction of sp³-hybridized carbons (Fsp3) is 0.333. The van der Waals surface area contributed by atoms with Gasteiger partial charge in [-0.05, 0) is 21.9 Å². The summed E-state index contributed by atoms with van der Waals surface area (Å²) in [5, 5.41) is 23.4. The molecule has 124 valence electrons. The van der Waals surface area contributed by atoms with Gasteiger partial charge in [0.2, 0.25) is 5.13 Å². The summed E-state index contributed by atoms with van der Waals surface area (Å²) < 4.78 is 1.42. The molecule has 1 amide bonds. The van der Waals surface area contributed by atoms with Gasteiger partial charge in [-0.25, -0.2) is 4.68 Å². The molecule has 0 radical (unpaired) electrons. The number of hydrogen-bond donors (Lipinski definition) is 1. The molecule has 9 heteroatoms. The van der Waals surface area contributed by atoms with Crippen LogP contribution < -0.4 is 5.32 Å². The minimum atomic E-state index is -0.668. The molecule has 0 aliphatic heterocycles. The molecule has 1 aromatic carbocycles. The molecule has 24 heavy (non-hydrogen) atoms. The SMILES string of the molecule is CC(C)Cc1nnc(NC(=O)C(c2ccccc2)n2cnnn2)s1. The van der Waals surface area contributed by atoms with E-state index in [0.29, 0.717) is 11.0 Å². The maximum absolute atomic E-state index is 12.8. The van der Waals surface area contributed by atoms with Crippen LogP contribution in [-0.4, -0.2) is 36.3 Å². The van der Waals surface area contributed by atoms with Gasteiger partial charge in [-0.2, -0.15) is 0 Å². The van der Waals surface area contributed by atoms with Gasteiger partial charge in [0, 0.05) is 6.42 Å². The molecular formula is C15H17N7OS. The third kappa shape index (κ3) is 3.80. The molecule has 0 aliphatic carbocycles.